The van der Waals surface area contributed by atoms with E-state index in [2.05, 4.69) is 31.5 Å². The first-order chi connectivity index (χ1) is 16.8. The number of nitrogens with one attached hydrogen (secondary N) is 2. The summed E-state index contributed by atoms with van der Waals surface area (Å²) in [5, 5.41) is 5.86. The van der Waals surface area contributed by atoms with E-state index in [4.69, 9.17) is 26.1 Å². The number of fused-ring (bicyclic) bond motifs is 1. The van der Waals surface area contributed by atoms with Crippen molar-refractivity contribution in [2.24, 2.45) is 0 Å². The molecule has 0 aliphatic rings. The van der Waals surface area contributed by atoms with Gasteiger partial charge in [0, 0.05) is 11.1 Å². The summed E-state index contributed by atoms with van der Waals surface area (Å²) in [5.41, 5.74) is 5.54. The molecule has 2 N–H and O–H groups in total. The van der Waals surface area contributed by atoms with Crippen molar-refractivity contribution in [1.29, 1.82) is 0 Å². The lowest BCUT2D eigenvalue weighted by Crippen LogP contribution is -2.34. The smallest absolute Gasteiger partial charge is 0.257 e. The van der Waals surface area contributed by atoms with Gasteiger partial charge in [0.2, 0.25) is 5.89 Å². The molecule has 0 radical (unpaired) electrons. The van der Waals surface area contributed by atoms with Gasteiger partial charge in [0.25, 0.3) is 5.91 Å². The highest BCUT2D eigenvalue weighted by molar-refractivity contribution is 9.10. The summed E-state index contributed by atoms with van der Waals surface area (Å²) in [6.45, 7) is 6.50. The van der Waals surface area contributed by atoms with Crippen molar-refractivity contribution in [1.82, 2.24) is 10.3 Å². The minimum absolute atomic E-state index is 0.124. The first-order valence-electron chi connectivity index (χ1n) is 10.9. The molecular weight excluding hydrogens is 530 g/mol. The molecule has 0 aliphatic heterocycles. The van der Waals surface area contributed by atoms with Crippen LogP contribution in [-0.4, -0.2) is 29.7 Å². The van der Waals surface area contributed by atoms with Crippen molar-refractivity contribution in [3.8, 4) is 23.0 Å². The third-order valence-corrected chi connectivity index (χ3v) is 6.24. The Bertz CT molecular complexity index is 1390. The van der Waals surface area contributed by atoms with E-state index in [1.165, 1.54) is 0 Å². The minimum atomic E-state index is -0.355. The quantitative estimate of drug-likeness (QED) is 0.267. The van der Waals surface area contributed by atoms with Crippen LogP contribution in [0.25, 0.3) is 22.6 Å². The van der Waals surface area contributed by atoms with Gasteiger partial charge in [-0.15, -0.1) is 0 Å². The minimum Gasteiger partial charge on any atom is -0.495 e. The van der Waals surface area contributed by atoms with E-state index >= 15 is 0 Å². The van der Waals surface area contributed by atoms with Gasteiger partial charge in [-0.25, -0.2) is 4.98 Å². The molecule has 180 valence electrons. The Kier molecular flexibility index (Phi) is 7.37. The maximum Gasteiger partial charge on any atom is 0.257 e. The van der Waals surface area contributed by atoms with E-state index in [1.807, 2.05) is 45.0 Å². The van der Waals surface area contributed by atoms with E-state index < -0.39 is 0 Å². The number of hydrogen-bond donors (Lipinski definition) is 2. The van der Waals surface area contributed by atoms with Gasteiger partial charge >= 0.3 is 0 Å². The van der Waals surface area contributed by atoms with Gasteiger partial charge in [-0.05, 0) is 109 Å². The number of aryl methyl sites for hydroxylation is 2. The lowest BCUT2D eigenvalue weighted by atomic mass is 10.1. The standard InChI is InChI=1S/C26H24BrN3O4S/c1-5-33-21-8-6-16(12-18(21)27)24(31)30-26(35)29-20-13-17(7-9-22(20)32-4)25-28-19-10-14(2)15(3)11-23(19)34-25/h6-13H,5H2,1-4H3,(H2,29,30,31,35). The highest BCUT2D eigenvalue weighted by Crippen LogP contribution is 2.32. The van der Waals surface area contributed by atoms with E-state index in [1.54, 1.807) is 31.4 Å². The molecule has 1 aromatic heterocycles. The maximum absolute atomic E-state index is 12.7. The third-order valence-electron chi connectivity index (χ3n) is 5.42. The number of amides is 1. The monoisotopic (exact) mass is 553 g/mol. The van der Waals surface area contributed by atoms with Gasteiger partial charge in [0.15, 0.2) is 10.7 Å². The number of aromatic nitrogens is 1. The zero-order valence-corrected chi connectivity index (χ0v) is 22.1. The van der Waals surface area contributed by atoms with Crippen LogP contribution in [0.3, 0.4) is 0 Å². The Hall–Kier alpha value is -3.43. The zero-order chi connectivity index (χ0) is 25.1. The van der Waals surface area contributed by atoms with Gasteiger partial charge in [-0.2, -0.15) is 0 Å². The number of ether oxygens (including phenoxy) is 2. The molecule has 0 spiro atoms. The number of rotatable bonds is 6. The van der Waals surface area contributed by atoms with Crippen LogP contribution in [0, 0.1) is 13.8 Å². The van der Waals surface area contributed by atoms with Gasteiger partial charge in [0.05, 0.1) is 23.9 Å². The summed E-state index contributed by atoms with van der Waals surface area (Å²) in [6.07, 6.45) is 0. The number of hydrogen-bond acceptors (Lipinski definition) is 6. The molecule has 0 unspecified atom stereocenters. The second-order valence-electron chi connectivity index (χ2n) is 7.82. The Labute approximate surface area is 217 Å². The number of nitrogens with zero attached hydrogens (tertiary/aromatic N) is 1. The van der Waals surface area contributed by atoms with Crippen LogP contribution in [0.5, 0.6) is 11.5 Å². The molecule has 1 amide bonds. The number of thiocarbonyl (C=S) groups is 1. The number of carbonyl (C=O) groups is 1. The zero-order valence-electron chi connectivity index (χ0n) is 19.7. The Morgan fingerprint density at radius 2 is 1.83 bits per heavy atom. The van der Waals surface area contributed by atoms with Gasteiger partial charge in [-0.1, -0.05) is 0 Å². The number of methoxy groups -OCH3 is 1. The van der Waals surface area contributed by atoms with Crippen LogP contribution in [0.2, 0.25) is 0 Å². The molecule has 4 aromatic rings. The van der Waals surface area contributed by atoms with Crippen LogP contribution >= 0.6 is 28.1 Å². The molecule has 0 bridgehead atoms. The second kappa shape index (κ2) is 10.5. The van der Waals surface area contributed by atoms with Crippen LogP contribution in [-0.2, 0) is 0 Å². The fourth-order valence-corrected chi connectivity index (χ4v) is 4.18. The largest absolute Gasteiger partial charge is 0.495 e. The Morgan fingerprint density at radius 3 is 2.54 bits per heavy atom. The average molecular weight is 554 g/mol. The van der Waals surface area contributed by atoms with Crippen LogP contribution < -0.4 is 20.1 Å². The summed E-state index contributed by atoms with van der Waals surface area (Å²) < 4.78 is 17.6. The summed E-state index contributed by atoms with van der Waals surface area (Å²) in [4.78, 5) is 17.3. The highest BCUT2D eigenvalue weighted by atomic mass is 79.9. The summed E-state index contributed by atoms with van der Waals surface area (Å²) in [7, 11) is 1.56. The van der Waals surface area contributed by atoms with Crippen molar-refractivity contribution in [2.75, 3.05) is 19.0 Å². The predicted octanol–water partition coefficient (Wildman–Crippen LogP) is 6.41. The van der Waals surface area contributed by atoms with E-state index in [9.17, 15) is 4.79 Å². The van der Waals surface area contributed by atoms with Crippen molar-refractivity contribution in [3.05, 3.63) is 69.7 Å². The SMILES string of the molecule is CCOc1ccc(C(=O)NC(=S)Nc2cc(-c3nc4cc(C)c(C)cc4o3)ccc2OC)cc1Br. The van der Waals surface area contributed by atoms with Gasteiger partial charge < -0.3 is 19.2 Å². The first kappa shape index (κ1) is 24.7. The molecular formula is C26H24BrN3O4S. The average Bonchev–Trinajstić information content (AvgIpc) is 3.23. The van der Waals surface area contributed by atoms with Gasteiger partial charge in [0.1, 0.15) is 17.0 Å². The van der Waals surface area contributed by atoms with E-state index in [-0.39, 0.29) is 11.0 Å². The van der Waals surface area contributed by atoms with Crippen molar-refractivity contribution < 1.29 is 18.7 Å². The number of benzene rings is 3. The molecule has 1 heterocycles. The molecule has 35 heavy (non-hydrogen) atoms. The third kappa shape index (κ3) is 5.47. The number of halogens is 1. The Morgan fingerprint density at radius 1 is 1.09 bits per heavy atom. The van der Waals surface area contributed by atoms with Crippen LogP contribution in [0.4, 0.5) is 5.69 Å². The van der Waals surface area contributed by atoms with Crippen molar-refractivity contribution in [3.63, 3.8) is 0 Å². The maximum atomic E-state index is 12.7. The topological polar surface area (TPSA) is 85.6 Å². The predicted molar refractivity (Wildman–Crippen MR) is 144 cm³/mol. The number of carbonyl (C=O) groups excluding carboxylic acids is 1. The summed E-state index contributed by atoms with van der Waals surface area (Å²) >= 11 is 8.81. The fourth-order valence-electron chi connectivity index (χ4n) is 3.49. The van der Waals surface area contributed by atoms with E-state index in [0.717, 1.165) is 27.8 Å². The molecule has 4 rings (SSSR count). The fraction of sp³-hybridized carbons (Fsp3) is 0.192. The lowest BCUT2D eigenvalue weighted by Gasteiger charge is -2.14. The van der Waals surface area contributed by atoms with Crippen molar-refractivity contribution >= 4 is 56.0 Å². The summed E-state index contributed by atoms with van der Waals surface area (Å²) in [5.74, 6) is 1.34. The molecule has 0 saturated carbocycles. The van der Waals surface area contributed by atoms with Crippen LogP contribution in [0.1, 0.15) is 28.4 Å². The molecule has 0 aliphatic carbocycles. The molecule has 9 heteroatoms. The van der Waals surface area contributed by atoms with Gasteiger partial charge in [-0.3, -0.25) is 10.1 Å². The normalized spacial score (nSPS) is 10.8. The lowest BCUT2D eigenvalue weighted by molar-refractivity contribution is 0.0977. The molecule has 7 nitrogen and oxygen atoms in total. The summed E-state index contributed by atoms with van der Waals surface area (Å²) in [6, 6.07) is 14.5. The molecule has 0 fully saturated rings. The molecule has 0 saturated heterocycles. The van der Waals surface area contributed by atoms with Crippen molar-refractivity contribution in [2.45, 2.75) is 20.8 Å². The first-order valence-corrected chi connectivity index (χ1v) is 12.1. The highest BCUT2D eigenvalue weighted by Gasteiger charge is 2.15. The van der Waals surface area contributed by atoms with Crippen LogP contribution in [0.15, 0.2) is 57.4 Å². The number of oxazole rings is 1. The number of anilines is 1. The second-order valence-corrected chi connectivity index (χ2v) is 9.09. The Balaban J connectivity index is 1.54. The molecule has 3 aromatic carbocycles. The molecule has 0 atom stereocenters. The van der Waals surface area contributed by atoms with E-state index in [0.29, 0.717) is 39.7 Å².